The van der Waals surface area contributed by atoms with Gasteiger partial charge in [-0.25, -0.2) is 15.0 Å². The second kappa shape index (κ2) is 3.83. The Morgan fingerprint density at radius 2 is 2.22 bits per heavy atom. The smallest absolute Gasteiger partial charge is 0.217 e. The number of anilines is 1. The normalized spacial score (nSPS) is 13.0. The largest absolute Gasteiger partial charge is 0.444 e. The molecular formula is C12H13N5O. The third-order valence-corrected chi connectivity index (χ3v) is 2.86. The molecule has 0 fully saturated rings. The van der Waals surface area contributed by atoms with Crippen LogP contribution < -0.4 is 5.73 Å². The standard InChI is InChI=1S/C12H13N5O/c1-7-6-15-11(18-7)8(2)17-10-9(16-12(17)13)4-3-5-14-10/h3-6,8H,1-2H3,(H2,13,16). The number of nitrogens with two attached hydrogens (primary N) is 1. The van der Waals surface area contributed by atoms with E-state index in [1.807, 2.05) is 30.5 Å². The van der Waals surface area contributed by atoms with Gasteiger partial charge in [-0.2, -0.15) is 0 Å². The lowest BCUT2D eigenvalue weighted by atomic mass is 10.3. The summed E-state index contributed by atoms with van der Waals surface area (Å²) in [5.41, 5.74) is 7.44. The predicted octanol–water partition coefficient (Wildman–Crippen LogP) is 1.92. The van der Waals surface area contributed by atoms with Crippen LogP contribution in [-0.2, 0) is 0 Å². The molecule has 1 unspecified atom stereocenters. The van der Waals surface area contributed by atoms with Gasteiger partial charge in [0.25, 0.3) is 0 Å². The monoisotopic (exact) mass is 243 g/mol. The molecule has 2 N–H and O–H groups in total. The minimum absolute atomic E-state index is 0.140. The van der Waals surface area contributed by atoms with Crippen LogP contribution in [0.15, 0.2) is 28.9 Å². The summed E-state index contributed by atoms with van der Waals surface area (Å²) < 4.78 is 7.35. The van der Waals surface area contributed by atoms with Crippen molar-refractivity contribution in [1.82, 2.24) is 19.5 Å². The summed E-state index contributed by atoms with van der Waals surface area (Å²) in [6.45, 7) is 3.81. The van der Waals surface area contributed by atoms with Gasteiger partial charge in [0.05, 0.1) is 6.20 Å². The van der Waals surface area contributed by atoms with Gasteiger partial charge in [0.1, 0.15) is 17.3 Å². The van der Waals surface area contributed by atoms with E-state index in [9.17, 15) is 0 Å². The number of oxazole rings is 1. The van der Waals surface area contributed by atoms with Crippen molar-refractivity contribution in [1.29, 1.82) is 0 Å². The summed E-state index contributed by atoms with van der Waals surface area (Å²) in [6.07, 6.45) is 3.40. The average Bonchev–Trinajstić information content (AvgIpc) is 2.91. The van der Waals surface area contributed by atoms with Crippen LogP contribution in [0.4, 0.5) is 5.95 Å². The molecule has 92 valence electrons. The van der Waals surface area contributed by atoms with Crippen LogP contribution >= 0.6 is 0 Å². The van der Waals surface area contributed by atoms with Crippen molar-refractivity contribution < 1.29 is 4.42 Å². The Morgan fingerprint density at radius 1 is 1.39 bits per heavy atom. The van der Waals surface area contributed by atoms with Crippen molar-refractivity contribution in [3.05, 3.63) is 36.2 Å². The quantitative estimate of drug-likeness (QED) is 0.743. The van der Waals surface area contributed by atoms with Gasteiger partial charge in [-0.3, -0.25) is 4.57 Å². The van der Waals surface area contributed by atoms with Crippen molar-refractivity contribution in [3.63, 3.8) is 0 Å². The molecule has 0 radical (unpaired) electrons. The number of hydrogen-bond donors (Lipinski definition) is 1. The fourth-order valence-corrected chi connectivity index (χ4v) is 2.00. The van der Waals surface area contributed by atoms with Gasteiger partial charge in [-0.05, 0) is 26.0 Å². The zero-order valence-corrected chi connectivity index (χ0v) is 10.2. The highest BCUT2D eigenvalue weighted by molar-refractivity contribution is 5.74. The number of hydrogen-bond acceptors (Lipinski definition) is 5. The van der Waals surface area contributed by atoms with E-state index in [1.54, 1.807) is 12.4 Å². The Kier molecular flexibility index (Phi) is 2.29. The van der Waals surface area contributed by atoms with Crippen LogP contribution in [-0.4, -0.2) is 19.5 Å². The van der Waals surface area contributed by atoms with Crippen LogP contribution in [0.1, 0.15) is 24.6 Å². The Balaban J connectivity index is 2.16. The summed E-state index contributed by atoms with van der Waals surface area (Å²) in [4.78, 5) is 12.8. The van der Waals surface area contributed by atoms with E-state index in [-0.39, 0.29) is 6.04 Å². The van der Waals surface area contributed by atoms with Crippen molar-refractivity contribution in [2.75, 3.05) is 5.73 Å². The van der Waals surface area contributed by atoms with Gasteiger partial charge in [0, 0.05) is 6.20 Å². The second-order valence-electron chi connectivity index (χ2n) is 4.17. The molecule has 0 aliphatic carbocycles. The number of aromatic nitrogens is 4. The number of nitrogens with zero attached hydrogens (tertiary/aromatic N) is 4. The molecular weight excluding hydrogens is 230 g/mol. The highest BCUT2D eigenvalue weighted by Crippen LogP contribution is 2.25. The lowest BCUT2D eigenvalue weighted by molar-refractivity contribution is 0.420. The van der Waals surface area contributed by atoms with E-state index in [0.29, 0.717) is 11.8 Å². The van der Waals surface area contributed by atoms with Crippen molar-refractivity contribution >= 4 is 17.1 Å². The van der Waals surface area contributed by atoms with E-state index < -0.39 is 0 Å². The molecule has 0 saturated carbocycles. The molecule has 0 saturated heterocycles. The second-order valence-corrected chi connectivity index (χ2v) is 4.17. The fourth-order valence-electron chi connectivity index (χ4n) is 2.00. The van der Waals surface area contributed by atoms with Crippen LogP contribution in [0.25, 0.3) is 11.2 Å². The Bertz CT molecular complexity index is 699. The lowest BCUT2D eigenvalue weighted by Crippen LogP contribution is -2.11. The molecule has 3 rings (SSSR count). The number of imidazole rings is 1. The number of fused-ring (bicyclic) bond motifs is 1. The predicted molar refractivity (Wildman–Crippen MR) is 67.0 cm³/mol. The molecule has 18 heavy (non-hydrogen) atoms. The summed E-state index contributed by atoms with van der Waals surface area (Å²) in [5.74, 6) is 1.78. The summed E-state index contributed by atoms with van der Waals surface area (Å²) in [7, 11) is 0. The van der Waals surface area contributed by atoms with Crippen molar-refractivity contribution in [2.24, 2.45) is 0 Å². The maximum Gasteiger partial charge on any atom is 0.217 e. The van der Waals surface area contributed by atoms with Crippen LogP contribution in [0.2, 0.25) is 0 Å². The summed E-state index contributed by atoms with van der Waals surface area (Å²) >= 11 is 0. The molecule has 6 heteroatoms. The van der Waals surface area contributed by atoms with Crippen molar-refractivity contribution in [2.45, 2.75) is 19.9 Å². The molecule has 3 aromatic heterocycles. The van der Waals surface area contributed by atoms with Crippen LogP contribution in [0, 0.1) is 6.92 Å². The van der Waals surface area contributed by atoms with E-state index in [2.05, 4.69) is 15.0 Å². The van der Waals surface area contributed by atoms with Gasteiger partial charge in [-0.15, -0.1) is 0 Å². The zero-order valence-electron chi connectivity index (χ0n) is 10.2. The molecule has 6 nitrogen and oxygen atoms in total. The first kappa shape index (κ1) is 10.8. The SMILES string of the molecule is Cc1cnc(C(C)n2c(N)nc3cccnc32)o1. The Labute approximate surface area is 103 Å². The molecule has 0 amide bonds. The van der Waals surface area contributed by atoms with E-state index in [1.165, 1.54) is 0 Å². The first-order chi connectivity index (χ1) is 8.66. The average molecular weight is 243 g/mol. The molecule has 0 spiro atoms. The first-order valence-electron chi connectivity index (χ1n) is 5.67. The molecule has 0 bridgehead atoms. The first-order valence-corrected chi connectivity index (χ1v) is 5.67. The van der Waals surface area contributed by atoms with Crippen molar-refractivity contribution in [3.8, 4) is 0 Å². The van der Waals surface area contributed by atoms with E-state index in [0.717, 1.165) is 16.9 Å². The third-order valence-electron chi connectivity index (χ3n) is 2.86. The fraction of sp³-hybridized carbons (Fsp3) is 0.250. The third kappa shape index (κ3) is 1.54. The molecule has 0 aromatic carbocycles. The Morgan fingerprint density at radius 3 is 2.94 bits per heavy atom. The highest BCUT2D eigenvalue weighted by Gasteiger charge is 2.19. The topological polar surface area (TPSA) is 82.8 Å². The minimum Gasteiger partial charge on any atom is -0.444 e. The minimum atomic E-state index is -0.140. The van der Waals surface area contributed by atoms with Gasteiger partial charge < -0.3 is 10.2 Å². The molecule has 1 atom stereocenters. The van der Waals surface area contributed by atoms with Gasteiger partial charge in [0.2, 0.25) is 11.8 Å². The highest BCUT2D eigenvalue weighted by atomic mass is 16.4. The van der Waals surface area contributed by atoms with Gasteiger partial charge in [0.15, 0.2) is 5.65 Å². The zero-order chi connectivity index (χ0) is 12.7. The molecule has 0 aliphatic rings. The maximum absolute atomic E-state index is 5.94. The van der Waals surface area contributed by atoms with Gasteiger partial charge >= 0.3 is 0 Å². The number of rotatable bonds is 2. The van der Waals surface area contributed by atoms with E-state index in [4.69, 9.17) is 10.2 Å². The number of aryl methyl sites for hydroxylation is 1. The lowest BCUT2D eigenvalue weighted by Gasteiger charge is -2.11. The molecule has 3 heterocycles. The summed E-state index contributed by atoms with van der Waals surface area (Å²) in [5, 5.41) is 0. The number of nitrogen functional groups attached to an aromatic ring is 1. The summed E-state index contributed by atoms with van der Waals surface area (Å²) in [6, 6.07) is 3.57. The van der Waals surface area contributed by atoms with E-state index >= 15 is 0 Å². The van der Waals surface area contributed by atoms with Crippen LogP contribution in [0.3, 0.4) is 0 Å². The van der Waals surface area contributed by atoms with Crippen LogP contribution in [0.5, 0.6) is 0 Å². The Hall–Kier alpha value is -2.37. The van der Waals surface area contributed by atoms with Gasteiger partial charge in [-0.1, -0.05) is 0 Å². The molecule has 3 aromatic rings. The maximum atomic E-state index is 5.94. The molecule has 0 aliphatic heterocycles. The number of pyridine rings is 1.